The van der Waals surface area contributed by atoms with Gasteiger partial charge in [0.2, 0.25) is 11.8 Å². The third-order valence-corrected chi connectivity index (χ3v) is 5.47. The van der Waals surface area contributed by atoms with Crippen molar-refractivity contribution in [3.05, 3.63) is 41.8 Å². The second kappa shape index (κ2) is 6.50. The van der Waals surface area contributed by atoms with E-state index in [9.17, 15) is 4.79 Å². The Labute approximate surface area is 149 Å². The zero-order valence-electron chi connectivity index (χ0n) is 14.6. The number of anilines is 1. The van der Waals surface area contributed by atoms with Crippen LogP contribution in [0.1, 0.15) is 45.5 Å². The first-order valence-corrected chi connectivity index (χ1v) is 9.05. The van der Waals surface area contributed by atoms with E-state index >= 15 is 0 Å². The second-order valence-electron chi connectivity index (χ2n) is 7.35. The lowest BCUT2D eigenvalue weighted by Crippen LogP contribution is -2.45. The van der Waals surface area contributed by atoms with Crippen LogP contribution in [0, 0.1) is 5.41 Å². The standard InChI is InChI=1S/C19H24N4O2.H2/c1-14(17(24)23-11-9-19(7-8-19)10-12-23)20-18-22-21-16(25-18)13-15-5-3-2-4-6-15;/h2-6,14H,7-13H2,1H3,(H,20,22);1H. The maximum absolute atomic E-state index is 12.6. The Morgan fingerprint density at radius 1 is 1.24 bits per heavy atom. The van der Waals surface area contributed by atoms with Gasteiger partial charge in [0, 0.05) is 14.5 Å². The third kappa shape index (κ3) is 3.67. The molecule has 1 aromatic heterocycles. The SMILES string of the molecule is CC(Nc1nnc(Cc2ccccc2)o1)C(=O)N1CCC2(CC1)CC2.[HH]. The summed E-state index contributed by atoms with van der Waals surface area (Å²) in [5, 5.41) is 11.1. The summed E-state index contributed by atoms with van der Waals surface area (Å²) in [5.74, 6) is 0.653. The first-order valence-electron chi connectivity index (χ1n) is 9.05. The molecule has 1 spiro atoms. The molecule has 1 N–H and O–H groups in total. The van der Waals surface area contributed by atoms with E-state index in [0.717, 1.165) is 31.5 Å². The number of nitrogens with one attached hydrogen (secondary N) is 1. The zero-order valence-corrected chi connectivity index (χ0v) is 14.6. The van der Waals surface area contributed by atoms with Crippen LogP contribution < -0.4 is 5.32 Å². The predicted molar refractivity (Wildman–Crippen MR) is 96.2 cm³/mol. The Bertz CT molecular complexity index is 735. The molecule has 25 heavy (non-hydrogen) atoms. The fraction of sp³-hybridized carbons (Fsp3) is 0.526. The van der Waals surface area contributed by atoms with Crippen LogP contribution in [-0.4, -0.2) is 40.1 Å². The van der Waals surface area contributed by atoms with Crippen molar-refractivity contribution in [1.29, 1.82) is 0 Å². The monoisotopic (exact) mass is 342 g/mol. The molecule has 2 heterocycles. The fourth-order valence-electron chi connectivity index (χ4n) is 3.55. The Kier molecular flexibility index (Phi) is 4.19. The van der Waals surface area contributed by atoms with Crippen LogP contribution in [0.2, 0.25) is 0 Å². The Morgan fingerprint density at radius 2 is 1.96 bits per heavy atom. The molecule has 1 aliphatic heterocycles. The van der Waals surface area contributed by atoms with Gasteiger partial charge in [-0.25, -0.2) is 0 Å². The van der Waals surface area contributed by atoms with E-state index in [2.05, 4.69) is 15.5 Å². The number of hydrogen-bond donors (Lipinski definition) is 1. The lowest BCUT2D eigenvalue weighted by atomic mass is 9.93. The van der Waals surface area contributed by atoms with E-state index in [1.54, 1.807) is 0 Å². The third-order valence-electron chi connectivity index (χ3n) is 5.47. The summed E-state index contributed by atoms with van der Waals surface area (Å²) in [4.78, 5) is 14.6. The smallest absolute Gasteiger partial charge is 0.316 e. The molecule has 2 fully saturated rings. The van der Waals surface area contributed by atoms with Crippen molar-refractivity contribution in [1.82, 2.24) is 15.1 Å². The molecule has 2 aliphatic rings. The summed E-state index contributed by atoms with van der Waals surface area (Å²) in [5.41, 5.74) is 1.69. The number of rotatable bonds is 5. The number of aromatic nitrogens is 2. The van der Waals surface area contributed by atoms with Crippen LogP contribution in [0.3, 0.4) is 0 Å². The summed E-state index contributed by atoms with van der Waals surface area (Å²) in [6, 6.07) is 9.93. The van der Waals surface area contributed by atoms with E-state index in [4.69, 9.17) is 4.42 Å². The summed E-state index contributed by atoms with van der Waals surface area (Å²) in [7, 11) is 0. The van der Waals surface area contributed by atoms with Crippen LogP contribution in [0.5, 0.6) is 0 Å². The van der Waals surface area contributed by atoms with Crippen LogP contribution in [0.4, 0.5) is 6.01 Å². The minimum Gasteiger partial charge on any atom is -0.408 e. The van der Waals surface area contributed by atoms with Gasteiger partial charge in [-0.05, 0) is 43.6 Å². The van der Waals surface area contributed by atoms with Gasteiger partial charge in [0.15, 0.2) is 0 Å². The summed E-state index contributed by atoms with van der Waals surface area (Å²) in [6.45, 7) is 3.59. The summed E-state index contributed by atoms with van der Waals surface area (Å²) in [6.07, 6.45) is 5.57. The highest BCUT2D eigenvalue weighted by molar-refractivity contribution is 5.83. The molecule has 2 aromatic rings. The van der Waals surface area contributed by atoms with Crippen molar-refractivity contribution < 1.29 is 10.6 Å². The molecule has 6 nitrogen and oxygen atoms in total. The average molecular weight is 342 g/mol. The molecule has 1 amide bonds. The van der Waals surface area contributed by atoms with Crippen LogP contribution >= 0.6 is 0 Å². The van der Waals surface area contributed by atoms with Crippen molar-refractivity contribution in [2.75, 3.05) is 18.4 Å². The Balaban J connectivity index is 0.00000196. The average Bonchev–Trinajstić information content (AvgIpc) is 3.24. The van der Waals surface area contributed by atoms with Gasteiger partial charge < -0.3 is 14.6 Å². The Morgan fingerprint density at radius 3 is 2.64 bits per heavy atom. The van der Waals surface area contributed by atoms with Crippen molar-refractivity contribution in [2.45, 2.75) is 45.1 Å². The van der Waals surface area contributed by atoms with Gasteiger partial charge in [-0.2, -0.15) is 0 Å². The molecule has 134 valence electrons. The zero-order chi connectivity index (χ0) is 17.3. The molecule has 4 rings (SSSR count). The van der Waals surface area contributed by atoms with Gasteiger partial charge in [0.25, 0.3) is 0 Å². The van der Waals surface area contributed by atoms with E-state index in [1.165, 1.54) is 12.8 Å². The lowest BCUT2D eigenvalue weighted by molar-refractivity contribution is -0.133. The molecule has 6 heteroatoms. The predicted octanol–water partition coefficient (Wildman–Crippen LogP) is 3.11. The van der Waals surface area contributed by atoms with Crippen molar-refractivity contribution in [3.63, 3.8) is 0 Å². The van der Waals surface area contributed by atoms with E-state index in [1.807, 2.05) is 42.2 Å². The van der Waals surface area contributed by atoms with Gasteiger partial charge in [-0.1, -0.05) is 35.4 Å². The maximum atomic E-state index is 12.6. The number of amides is 1. The number of carbonyl (C=O) groups excluding carboxylic acids is 1. The molecule has 1 saturated heterocycles. The van der Waals surface area contributed by atoms with Crippen molar-refractivity contribution in [2.24, 2.45) is 5.41 Å². The molecular weight excluding hydrogens is 316 g/mol. The number of likely N-dealkylation sites (tertiary alicyclic amines) is 1. The molecule has 1 unspecified atom stereocenters. The van der Waals surface area contributed by atoms with Gasteiger partial charge in [0.1, 0.15) is 6.04 Å². The number of benzene rings is 1. The quantitative estimate of drug-likeness (QED) is 0.904. The fourth-order valence-corrected chi connectivity index (χ4v) is 3.55. The minimum atomic E-state index is -0.363. The largest absolute Gasteiger partial charge is 0.408 e. The first-order chi connectivity index (χ1) is 12.1. The molecular formula is C19H26N4O2. The van der Waals surface area contributed by atoms with Gasteiger partial charge in [-0.15, -0.1) is 5.10 Å². The highest BCUT2D eigenvalue weighted by Gasteiger charge is 2.45. The summed E-state index contributed by atoms with van der Waals surface area (Å²) >= 11 is 0. The molecule has 0 radical (unpaired) electrons. The summed E-state index contributed by atoms with van der Waals surface area (Å²) < 4.78 is 5.63. The first kappa shape index (κ1) is 16.1. The minimum absolute atomic E-state index is 0. The number of carbonyl (C=O) groups is 1. The van der Waals surface area contributed by atoms with Crippen LogP contribution in [0.25, 0.3) is 0 Å². The van der Waals surface area contributed by atoms with Crippen LogP contribution in [0.15, 0.2) is 34.7 Å². The highest BCUT2D eigenvalue weighted by atomic mass is 16.4. The molecule has 1 atom stereocenters. The van der Waals surface area contributed by atoms with Gasteiger partial charge in [-0.3, -0.25) is 4.79 Å². The number of hydrogen-bond acceptors (Lipinski definition) is 5. The van der Waals surface area contributed by atoms with E-state index < -0.39 is 0 Å². The number of nitrogens with zero attached hydrogens (tertiary/aromatic N) is 3. The molecule has 1 aliphatic carbocycles. The molecule has 0 bridgehead atoms. The number of piperidine rings is 1. The topological polar surface area (TPSA) is 71.3 Å². The van der Waals surface area contributed by atoms with Gasteiger partial charge in [0.05, 0.1) is 6.42 Å². The highest BCUT2D eigenvalue weighted by Crippen LogP contribution is 2.53. The maximum Gasteiger partial charge on any atom is 0.316 e. The lowest BCUT2D eigenvalue weighted by Gasteiger charge is -2.33. The van der Waals surface area contributed by atoms with E-state index in [-0.39, 0.29) is 13.4 Å². The van der Waals surface area contributed by atoms with Crippen molar-refractivity contribution in [3.8, 4) is 0 Å². The van der Waals surface area contributed by atoms with Crippen LogP contribution in [-0.2, 0) is 11.2 Å². The normalized spacial score (nSPS) is 19.6. The van der Waals surface area contributed by atoms with E-state index in [0.29, 0.717) is 23.7 Å². The second-order valence-corrected chi connectivity index (χ2v) is 7.35. The molecule has 1 saturated carbocycles. The van der Waals surface area contributed by atoms with Gasteiger partial charge >= 0.3 is 6.01 Å². The Hall–Kier alpha value is -2.37. The molecule has 1 aromatic carbocycles. The van der Waals surface area contributed by atoms with Crippen molar-refractivity contribution >= 4 is 11.9 Å².